The predicted molar refractivity (Wildman–Crippen MR) is 113 cm³/mol. The molecule has 0 spiro atoms. The highest BCUT2D eigenvalue weighted by Crippen LogP contribution is 2.35. The molecule has 0 atom stereocenters. The molecule has 2 aromatic heterocycles. The first-order chi connectivity index (χ1) is 13.4. The van der Waals surface area contributed by atoms with Gasteiger partial charge in [0, 0.05) is 18.0 Å². The molecule has 146 valence electrons. The van der Waals surface area contributed by atoms with Crippen LogP contribution in [0, 0.1) is 6.92 Å². The van der Waals surface area contributed by atoms with Crippen LogP contribution in [-0.2, 0) is 11.2 Å². The Bertz CT molecular complexity index is 1030. The molecule has 0 aliphatic carbocycles. The molecule has 0 unspecified atom stereocenters. The Kier molecular flexibility index (Phi) is 6.05. The van der Waals surface area contributed by atoms with Crippen LogP contribution in [0.3, 0.4) is 0 Å². The number of carbonyl (C=O) groups is 2. The number of anilines is 3. The van der Waals surface area contributed by atoms with Gasteiger partial charge in [-0.1, -0.05) is 30.7 Å². The maximum Gasteiger partial charge on any atom is 0.335 e. The number of carboxylic acids is 1. The Hall–Kier alpha value is -2.78. The molecule has 3 N–H and O–H groups in total. The fraction of sp³-hybridized carbons (Fsp3) is 0.263. The first-order valence-electron chi connectivity index (χ1n) is 8.71. The van der Waals surface area contributed by atoms with Crippen molar-refractivity contribution in [2.24, 2.45) is 0 Å². The van der Waals surface area contributed by atoms with E-state index in [2.05, 4.69) is 27.5 Å². The number of thiazole rings is 2. The van der Waals surface area contributed by atoms with Crippen LogP contribution in [0.1, 0.15) is 41.9 Å². The van der Waals surface area contributed by atoms with E-state index in [0.717, 1.165) is 40.4 Å². The molecule has 7 nitrogen and oxygen atoms in total. The zero-order chi connectivity index (χ0) is 20.3. The Morgan fingerprint density at radius 1 is 1.21 bits per heavy atom. The van der Waals surface area contributed by atoms with Crippen LogP contribution in [-0.4, -0.2) is 27.0 Å². The largest absolute Gasteiger partial charge is 0.478 e. The summed E-state index contributed by atoms with van der Waals surface area (Å²) in [5.41, 5.74) is 3.60. The van der Waals surface area contributed by atoms with Crippen LogP contribution in [0.5, 0.6) is 0 Å². The molecule has 9 heteroatoms. The molecule has 0 saturated carbocycles. The number of aromatic nitrogens is 2. The van der Waals surface area contributed by atoms with E-state index in [-0.39, 0.29) is 11.5 Å². The number of nitrogens with zero attached hydrogens (tertiary/aromatic N) is 2. The van der Waals surface area contributed by atoms with Gasteiger partial charge in [-0.15, -0.1) is 11.3 Å². The monoisotopic (exact) mass is 416 g/mol. The van der Waals surface area contributed by atoms with Gasteiger partial charge in [0.2, 0.25) is 5.91 Å². The Balaban J connectivity index is 1.87. The van der Waals surface area contributed by atoms with Gasteiger partial charge in [-0.05, 0) is 31.0 Å². The van der Waals surface area contributed by atoms with Gasteiger partial charge in [-0.25, -0.2) is 14.8 Å². The Morgan fingerprint density at radius 3 is 2.68 bits per heavy atom. The van der Waals surface area contributed by atoms with E-state index in [9.17, 15) is 14.7 Å². The Morgan fingerprint density at radius 2 is 2.00 bits per heavy atom. The van der Waals surface area contributed by atoms with Crippen molar-refractivity contribution in [1.29, 1.82) is 0 Å². The molecule has 1 aromatic carbocycles. The van der Waals surface area contributed by atoms with E-state index in [1.54, 1.807) is 12.1 Å². The second-order valence-electron chi connectivity index (χ2n) is 6.20. The summed E-state index contributed by atoms with van der Waals surface area (Å²) in [4.78, 5) is 32.4. The fourth-order valence-corrected chi connectivity index (χ4v) is 4.46. The van der Waals surface area contributed by atoms with Crippen molar-refractivity contribution in [3.05, 3.63) is 40.4 Å². The molecule has 0 saturated heterocycles. The van der Waals surface area contributed by atoms with Gasteiger partial charge in [-0.3, -0.25) is 4.79 Å². The van der Waals surface area contributed by atoms with Crippen molar-refractivity contribution in [2.75, 3.05) is 10.6 Å². The average molecular weight is 417 g/mol. The van der Waals surface area contributed by atoms with Gasteiger partial charge in [-0.2, -0.15) is 0 Å². The zero-order valence-corrected chi connectivity index (χ0v) is 17.3. The molecule has 3 rings (SSSR count). The summed E-state index contributed by atoms with van der Waals surface area (Å²) in [5.74, 6) is -1.13. The molecular weight excluding hydrogens is 396 g/mol. The molecule has 0 bridgehead atoms. The number of hydrogen-bond acceptors (Lipinski definition) is 7. The second kappa shape index (κ2) is 8.49. The van der Waals surface area contributed by atoms with Gasteiger partial charge >= 0.3 is 5.97 Å². The maximum atomic E-state index is 11.3. The van der Waals surface area contributed by atoms with Crippen LogP contribution in [0.4, 0.5) is 16.0 Å². The summed E-state index contributed by atoms with van der Waals surface area (Å²) in [6, 6.07) is 5.11. The van der Waals surface area contributed by atoms with E-state index in [4.69, 9.17) is 0 Å². The minimum absolute atomic E-state index is 0.164. The van der Waals surface area contributed by atoms with Crippen molar-refractivity contribution in [2.45, 2.75) is 33.6 Å². The summed E-state index contributed by atoms with van der Waals surface area (Å²) < 4.78 is 0. The molecule has 28 heavy (non-hydrogen) atoms. The van der Waals surface area contributed by atoms with Gasteiger partial charge in [0.25, 0.3) is 0 Å². The summed E-state index contributed by atoms with van der Waals surface area (Å²) in [5, 5.41) is 18.4. The SMILES string of the molecule is CCCc1ccc(C(=O)O)cc1Nc1nc(-c2sc(NC(C)=O)nc2C)cs1. The molecule has 2 heterocycles. The third-order valence-corrected chi connectivity index (χ3v) is 5.79. The predicted octanol–water partition coefficient (Wildman–Crippen LogP) is 4.93. The van der Waals surface area contributed by atoms with E-state index < -0.39 is 5.97 Å². The topological polar surface area (TPSA) is 104 Å². The van der Waals surface area contributed by atoms with Crippen molar-refractivity contribution in [3.8, 4) is 10.6 Å². The van der Waals surface area contributed by atoms with Crippen LogP contribution >= 0.6 is 22.7 Å². The van der Waals surface area contributed by atoms with Crippen LogP contribution in [0.15, 0.2) is 23.6 Å². The minimum Gasteiger partial charge on any atom is -0.478 e. The third-order valence-electron chi connectivity index (χ3n) is 3.93. The number of rotatable bonds is 7. The van der Waals surface area contributed by atoms with E-state index in [1.165, 1.54) is 29.6 Å². The molecule has 0 radical (unpaired) electrons. The standard InChI is InChI=1S/C19H20N4O3S2/c1-4-5-12-6-7-13(17(25)26)8-14(12)22-18-23-15(9-27-18)16-10(2)20-19(28-16)21-11(3)24/h6-9H,4-5H2,1-3H3,(H,22,23)(H,25,26)(H,20,21,24). The first-order valence-corrected chi connectivity index (χ1v) is 10.4. The van der Waals surface area contributed by atoms with Crippen molar-refractivity contribution >= 4 is 50.5 Å². The maximum absolute atomic E-state index is 11.3. The second-order valence-corrected chi connectivity index (χ2v) is 8.06. The zero-order valence-electron chi connectivity index (χ0n) is 15.7. The summed E-state index contributed by atoms with van der Waals surface area (Å²) >= 11 is 2.81. The average Bonchev–Trinajstić information content (AvgIpc) is 3.22. The summed E-state index contributed by atoms with van der Waals surface area (Å²) in [7, 11) is 0. The lowest BCUT2D eigenvalue weighted by molar-refractivity contribution is -0.114. The van der Waals surface area contributed by atoms with Gasteiger partial charge in [0.1, 0.15) is 0 Å². The first kappa shape index (κ1) is 20.0. The molecule has 3 aromatic rings. The van der Waals surface area contributed by atoms with E-state index >= 15 is 0 Å². The van der Waals surface area contributed by atoms with Crippen LogP contribution in [0.25, 0.3) is 10.6 Å². The third kappa shape index (κ3) is 4.55. The van der Waals surface area contributed by atoms with Gasteiger partial charge in [0.05, 0.1) is 21.8 Å². The highest BCUT2D eigenvalue weighted by molar-refractivity contribution is 7.20. The highest BCUT2D eigenvalue weighted by atomic mass is 32.1. The quantitative estimate of drug-likeness (QED) is 0.505. The molecule has 0 fully saturated rings. The lowest BCUT2D eigenvalue weighted by atomic mass is 10.0. The Labute approximate surface area is 170 Å². The number of carboxylic acid groups (broad SMARTS) is 1. The van der Waals surface area contributed by atoms with Gasteiger partial charge < -0.3 is 15.7 Å². The van der Waals surface area contributed by atoms with Crippen LogP contribution in [0.2, 0.25) is 0 Å². The highest BCUT2D eigenvalue weighted by Gasteiger charge is 2.15. The fourth-order valence-electron chi connectivity index (χ4n) is 2.70. The summed E-state index contributed by atoms with van der Waals surface area (Å²) in [6.45, 7) is 5.40. The summed E-state index contributed by atoms with van der Waals surface area (Å²) in [6.07, 6.45) is 1.80. The molecular formula is C19H20N4O3S2. The normalized spacial score (nSPS) is 10.7. The number of aromatic carboxylic acids is 1. The van der Waals surface area contributed by atoms with Gasteiger partial charge in [0.15, 0.2) is 10.3 Å². The molecule has 0 aliphatic rings. The smallest absolute Gasteiger partial charge is 0.335 e. The lowest BCUT2D eigenvalue weighted by Gasteiger charge is -2.10. The number of amides is 1. The number of benzene rings is 1. The van der Waals surface area contributed by atoms with Crippen molar-refractivity contribution in [1.82, 2.24) is 9.97 Å². The number of aryl methyl sites for hydroxylation is 2. The van der Waals surface area contributed by atoms with Crippen molar-refractivity contribution in [3.63, 3.8) is 0 Å². The minimum atomic E-state index is -0.961. The van der Waals surface area contributed by atoms with E-state index in [0.29, 0.717) is 10.3 Å². The number of nitrogens with one attached hydrogen (secondary N) is 2. The molecule has 1 amide bonds. The van der Waals surface area contributed by atoms with Crippen molar-refractivity contribution < 1.29 is 14.7 Å². The van der Waals surface area contributed by atoms with Crippen LogP contribution < -0.4 is 10.6 Å². The lowest BCUT2D eigenvalue weighted by Crippen LogP contribution is -2.04. The number of hydrogen-bond donors (Lipinski definition) is 3. The molecule has 0 aliphatic heterocycles. The van der Waals surface area contributed by atoms with E-state index in [1.807, 2.05) is 18.4 Å². The number of carbonyl (C=O) groups excluding carboxylic acids is 1.